The molecule has 36 heavy (non-hydrogen) atoms. The highest BCUT2D eigenvalue weighted by atomic mass is 16.5. The third-order valence-corrected chi connectivity index (χ3v) is 7.12. The Bertz CT molecular complexity index is 1200. The van der Waals surface area contributed by atoms with E-state index in [4.69, 9.17) is 14.2 Å². The molecule has 1 N–H and O–H groups in total. The SMILES string of the molecule is CCOc1ccc2[nH]c(=O)c(CN(C[C@@H]3CCCO3)[C@@H](CC)c3nnnn3C[C@H]3CCCO3)cc2c1. The number of rotatable bonds is 11. The third-order valence-electron chi connectivity index (χ3n) is 7.12. The lowest BCUT2D eigenvalue weighted by atomic mass is 10.1. The van der Waals surface area contributed by atoms with Gasteiger partial charge in [-0.3, -0.25) is 9.69 Å². The van der Waals surface area contributed by atoms with Crippen molar-refractivity contribution in [3.8, 4) is 5.75 Å². The summed E-state index contributed by atoms with van der Waals surface area (Å²) in [5.74, 6) is 1.60. The van der Waals surface area contributed by atoms with Gasteiger partial charge in [-0.2, -0.15) is 0 Å². The van der Waals surface area contributed by atoms with E-state index in [1.54, 1.807) is 0 Å². The highest BCUT2D eigenvalue weighted by Crippen LogP contribution is 2.28. The largest absolute Gasteiger partial charge is 0.494 e. The summed E-state index contributed by atoms with van der Waals surface area (Å²) in [6, 6.07) is 7.66. The molecule has 2 saturated heterocycles. The average molecular weight is 497 g/mol. The summed E-state index contributed by atoms with van der Waals surface area (Å²) in [5, 5.41) is 13.7. The van der Waals surface area contributed by atoms with Crippen molar-refractivity contribution in [3.63, 3.8) is 0 Å². The van der Waals surface area contributed by atoms with Crippen LogP contribution in [0.5, 0.6) is 5.75 Å². The van der Waals surface area contributed by atoms with Crippen molar-refractivity contribution >= 4 is 10.9 Å². The molecule has 0 saturated carbocycles. The van der Waals surface area contributed by atoms with E-state index in [1.807, 2.05) is 35.9 Å². The second-order valence-corrected chi connectivity index (χ2v) is 9.65. The molecule has 0 spiro atoms. The van der Waals surface area contributed by atoms with E-state index >= 15 is 0 Å². The molecular weight excluding hydrogens is 460 g/mol. The molecule has 1 aromatic carbocycles. The van der Waals surface area contributed by atoms with E-state index in [2.05, 4.69) is 32.3 Å². The van der Waals surface area contributed by atoms with Crippen LogP contribution in [0.25, 0.3) is 10.9 Å². The highest BCUT2D eigenvalue weighted by molar-refractivity contribution is 5.80. The van der Waals surface area contributed by atoms with Crippen LogP contribution in [0.2, 0.25) is 0 Å². The molecule has 4 heterocycles. The standard InChI is InChI=1S/C26H36N6O4/c1-3-24(25-28-29-30-32(25)17-22-8-6-12-36-22)31(16-21-7-5-11-35-21)15-19-13-18-14-20(34-4-2)9-10-23(18)27-26(19)33/h9-10,13-14,21-22,24H,3-8,11-12,15-17H2,1-2H3,(H,27,33)/t21-,22+,24-/m0/s1. The molecule has 2 aliphatic heterocycles. The Morgan fingerprint density at radius 2 is 1.97 bits per heavy atom. The van der Waals surface area contributed by atoms with E-state index in [0.717, 1.165) is 67.8 Å². The Balaban J connectivity index is 1.45. The first-order valence-electron chi connectivity index (χ1n) is 13.2. The molecule has 0 amide bonds. The quantitative estimate of drug-likeness (QED) is 0.431. The van der Waals surface area contributed by atoms with Crippen LogP contribution >= 0.6 is 0 Å². The number of fused-ring (bicyclic) bond motifs is 1. The van der Waals surface area contributed by atoms with Crippen molar-refractivity contribution in [1.82, 2.24) is 30.1 Å². The topological polar surface area (TPSA) is 107 Å². The van der Waals surface area contributed by atoms with E-state index in [-0.39, 0.29) is 23.8 Å². The third kappa shape index (κ3) is 5.61. The van der Waals surface area contributed by atoms with Gasteiger partial charge in [0.05, 0.1) is 31.4 Å². The minimum atomic E-state index is -0.0854. The molecule has 3 aromatic rings. The Morgan fingerprint density at radius 1 is 1.17 bits per heavy atom. The number of pyridine rings is 1. The van der Waals surface area contributed by atoms with Gasteiger partial charge in [-0.05, 0) is 73.7 Å². The minimum absolute atomic E-state index is 0.0598. The second kappa shape index (κ2) is 11.5. The van der Waals surface area contributed by atoms with Crippen LogP contribution in [0.1, 0.15) is 63.4 Å². The molecule has 2 fully saturated rings. The molecular formula is C26H36N6O4. The van der Waals surface area contributed by atoms with Crippen LogP contribution in [0.3, 0.4) is 0 Å². The van der Waals surface area contributed by atoms with Crippen molar-refractivity contribution in [2.45, 2.75) is 77.3 Å². The fourth-order valence-corrected chi connectivity index (χ4v) is 5.34. The van der Waals surface area contributed by atoms with Gasteiger partial charge in [0.25, 0.3) is 5.56 Å². The van der Waals surface area contributed by atoms with Gasteiger partial charge in [-0.25, -0.2) is 4.68 Å². The molecule has 2 aliphatic rings. The van der Waals surface area contributed by atoms with Crippen LogP contribution in [0.15, 0.2) is 29.1 Å². The molecule has 5 rings (SSSR count). The maximum atomic E-state index is 13.1. The number of benzene rings is 1. The Hall–Kier alpha value is -2.82. The number of tetrazole rings is 1. The van der Waals surface area contributed by atoms with Gasteiger partial charge < -0.3 is 19.2 Å². The fourth-order valence-electron chi connectivity index (χ4n) is 5.34. The summed E-state index contributed by atoms with van der Waals surface area (Å²) in [7, 11) is 0. The summed E-state index contributed by atoms with van der Waals surface area (Å²) in [6.45, 7) is 8.08. The molecule has 0 bridgehead atoms. The lowest BCUT2D eigenvalue weighted by molar-refractivity contribution is 0.0470. The first-order valence-corrected chi connectivity index (χ1v) is 13.2. The van der Waals surface area contributed by atoms with Crippen LogP contribution < -0.4 is 10.3 Å². The zero-order valence-corrected chi connectivity index (χ0v) is 21.2. The van der Waals surface area contributed by atoms with Gasteiger partial charge in [-0.15, -0.1) is 5.10 Å². The Kier molecular flexibility index (Phi) is 7.93. The number of hydrogen-bond donors (Lipinski definition) is 1. The monoisotopic (exact) mass is 496 g/mol. The summed E-state index contributed by atoms with van der Waals surface area (Å²) in [4.78, 5) is 18.5. The number of hydrogen-bond acceptors (Lipinski definition) is 8. The lowest BCUT2D eigenvalue weighted by Gasteiger charge is -2.32. The van der Waals surface area contributed by atoms with Crippen molar-refractivity contribution < 1.29 is 14.2 Å². The van der Waals surface area contributed by atoms with Crippen molar-refractivity contribution in [2.24, 2.45) is 0 Å². The van der Waals surface area contributed by atoms with Crippen molar-refractivity contribution in [3.05, 3.63) is 46.0 Å². The maximum absolute atomic E-state index is 13.1. The van der Waals surface area contributed by atoms with Gasteiger partial charge in [0.2, 0.25) is 0 Å². The summed E-state index contributed by atoms with van der Waals surface area (Å²) >= 11 is 0. The lowest BCUT2D eigenvalue weighted by Crippen LogP contribution is -2.38. The van der Waals surface area contributed by atoms with E-state index < -0.39 is 0 Å². The normalized spacial score (nSPS) is 21.0. The number of ether oxygens (including phenoxy) is 3. The van der Waals surface area contributed by atoms with Gasteiger partial charge in [0, 0.05) is 42.8 Å². The van der Waals surface area contributed by atoms with Crippen molar-refractivity contribution in [2.75, 3.05) is 26.4 Å². The number of aromatic nitrogens is 5. The molecule has 3 atom stereocenters. The van der Waals surface area contributed by atoms with Crippen LogP contribution in [-0.4, -0.2) is 68.7 Å². The second-order valence-electron chi connectivity index (χ2n) is 9.65. The average Bonchev–Trinajstić information content (AvgIpc) is 3.65. The highest BCUT2D eigenvalue weighted by Gasteiger charge is 2.30. The number of nitrogens with one attached hydrogen (secondary N) is 1. The van der Waals surface area contributed by atoms with Gasteiger partial charge >= 0.3 is 0 Å². The number of nitrogens with zero attached hydrogens (tertiary/aromatic N) is 5. The van der Waals surface area contributed by atoms with E-state index in [9.17, 15) is 4.79 Å². The van der Waals surface area contributed by atoms with Gasteiger partial charge in [0.15, 0.2) is 5.82 Å². The zero-order valence-electron chi connectivity index (χ0n) is 21.2. The molecule has 0 radical (unpaired) electrons. The van der Waals surface area contributed by atoms with Crippen LogP contribution in [-0.2, 0) is 22.6 Å². The van der Waals surface area contributed by atoms with Crippen LogP contribution in [0.4, 0.5) is 0 Å². The molecule has 0 aliphatic carbocycles. The minimum Gasteiger partial charge on any atom is -0.494 e. The number of H-pyrrole nitrogens is 1. The molecule has 194 valence electrons. The first-order chi connectivity index (χ1) is 17.6. The van der Waals surface area contributed by atoms with Crippen LogP contribution in [0, 0.1) is 0 Å². The predicted molar refractivity (Wildman–Crippen MR) is 135 cm³/mol. The molecule has 2 aromatic heterocycles. The smallest absolute Gasteiger partial charge is 0.252 e. The van der Waals surface area contributed by atoms with Crippen molar-refractivity contribution in [1.29, 1.82) is 0 Å². The van der Waals surface area contributed by atoms with Gasteiger partial charge in [0.1, 0.15) is 5.75 Å². The predicted octanol–water partition coefficient (Wildman–Crippen LogP) is 3.22. The van der Waals surface area contributed by atoms with E-state index in [0.29, 0.717) is 31.8 Å². The number of aromatic amines is 1. The summed E-state index contributed by atoms with van der Waals surface area (Å²) in [5.41, 5.74) is 1.41. The van der Waals surface area contributed by atoms with E-state index in [1.165, 1.54) is 0 Å². The fraction of sp³-hybridized carbons (Fsp3) is 0.615. The Morgan fingerprint density at radius 3 is 2.69 bits per heavy atom. The first kappa shape index (κ1) is 24.9. The Labute approximate surface area is 210 Å². The molecule has 10 heteroatoms. The molecule has 10 nitrogen and oxygen atoms in total. The summed E-state index contributed by atoms with van der Waals surface area (Å²) < 4.78 is 19.4. The maximum Gasteiger partial charge on any atom is 0.252 e. The zero-order chi connectivity index (χ0) is 24.9. The summed E-state index contributed by atoms with van der Waals surface area (Å²) in [6.07, 6.45) is 5.23. The van der Waals surface area contributed by atoms with Gasteiger partial charge in [-0.1, -0.05) is 6.92 Å². The molecule has 0 unspecified atom stereocenters.